The second-order valence-electron chi connectivity index (χ2n) is 7.01. The van der Waals surface area contributed by atoms with Gasteiger partial charge in [0.25, 0.3) is 0 Å². The molecule has 5 rings (SSSR count). The van der Waals surface area contributed by atoms with Gasteiger partial charge in [-0.25, -0.2) is 0 Å². The van der Waals surface area contributed by atoms with Crippen LogP contribution < -0.4 is 22.1 Å². The van der Waals surface area contributed by atoms with E-state index in [0.29, 0.717) is 30.0 Å². The van der Waals surface area contributed by atoms with Crippen LogP contribution in [0, 0.1) is 0 Å². The third-order valence-electron chi connectivity index (χ3n) is 5.49. The monoisotopic (exact) mass is 350 g/mol. The fraction of sp³-hybridized carbons (Fsp3) is 0.263. The first-order chi connectivity index (χ1) is 12.5. The molecule has 0 aromatic heterocycles. The molecule has 2 aliphatic heterocycles. The average Bonchev–Trinajstić information content (AvgIpc) is 2.98. The van der Waals surface area contributed by atoms with E-state index in [0.717, 1.165) is 18.5 Å². The molecule has 7 nitrogen and oxygen atoms in total. The lowest BCUT2D eigenvalue weighted by molar-refractivity contribution is 0.0696. The van der Waals surface area contributed by atoms with E-state index in [1.165, 1.54) is 0 Å². The number of hydrogen-bond donors (Lipinski definition) is 4. The van der Waals surface area contributed by atoms with Crippen molar-refractivity contribution < 1.29 is 14.3 Å². The molecular weight excluding hydrogens is 332 g/mol. The molecule has 132 valence electrons. The molecule has 0 unspecified atom stereocenters. The summed E-state index contributed by atoms with van der Waals surface area (Å²) in [5.74, 6) is -0.536. The Kier molecular flexibility index (Phi) is 2.92. The highest BCUT2D eigenvalue weighted by molar-refractivity contribution is 6.34. The maximum atomic E-state index is 13.3. The second kappa shape index (κ2) is 4.98. The maximum absolute atomic E-state index is 13.3. The lowest BCUT2D eigenvalue weighted by atomic mass is 9.81. The Morgan fingerprint density at radius 1 is 0.846 bits per heavy atom. The van der Waals surface area contributed by atoms with Crippen molar-refractivity contribution in [2.24, 2.45) is 0 Å². The topological polar surface area (TPSA) is 119 Å². The Balaban J connectivity index is 1.70. The normalized spacial score (nSPS) is 19.4. The highest BCUT2D eigenvalue weighted by Gasteiger charge is 2.43. The molecule has 1 spiro atoms. The summed E-state index contributed by atoms with van der Waals surface area (Å²) in [6, 6.07) is 6.66. The summed E-state index contributed by atoms with van der Waals surface area (Å²) < 4.78 is 5.45. The number of benzene rings is 2. The van der Waals surface area contributed by atoms with Crippen LogP contribution >= 0.6 is 0 Å². The number of carbonyl (C=O) groups is 2. The van der Waals surface area contributed by atoms with Gasteiger partial charge in [-0.15, -0.1) is 0 Å². The van der Waals surface area contributed by atoms with Crippen LogP contribution in [0.15, 0.2) is 24.3 Å². The first-order valence-electron chi connectivity index (χ1n) is 8.59. The lowest BCUT2D eigenvalue weighted by Gasteiger charge is -2.34. The van der Waals surface area contributed by atoms with Crippen molar-refractivity contribution in [3.05, 3.63) is 46.5 Å². The van der Waals surface area contributed by atoms with Crippen LogP contribution in [0.4, 0.5) is 22.7 Å². The van der Waals surface area contributed by atoms with Crippen LogP contribution in [0.25, 0.3) is 0 Å². The second-order valence-corrected chi connectivity index (χ2v) is 7.01. The van der Waals surface area contributed by atoms with Gasteiger partial charge in [0, 0.05) is 29.8 Å². The predicted molar refractivity (Wildman–Crippen MR) is 98.6 cm³/mol. The summed E-state index contributed by atoms with van der Waals surface area (Å²) in [5.41, 5.74) is 14.8. The Morgan fingerprint density at radius 2 is 1.50 bits per heavy atom. The van der Waals surface area contributed by atoms with E-state index >= 15 is 0 Å². The molecular formula is C19H18N4O3. The van der Waals surface area contributed by atoms with Gasteiger partial charge in [-0.2, -0.15) is 0 Å². The molecule has 6 N–H and O–H groups in total. The summed E-state index contributed by atoms with van der Waals surface area (Å²) in [4.78, 5) is 26.3. The van der Waals surface area contributed by atoms with Crippen molar-refractivity contribution in [3.8, 4) is 0 Å². The zero-order valence-corrected chi connectivity index (χ0v) is 14.0. The van der Waals surface area contributed by atoms with Gasteiger partial charge in [0.15, 0.2) is 11.6 Å². The third-order valence-corrected chi connectivity index (χ3v) is 5.49. The number of ether oxygens (including phenoxy) is 1. The largest absolute Gasteiger partial charge is 0.398 e. The molecule has 0 bridgehead atoms. The fourth-order valence-electron chi connectivity index (χ4n) is 4.14. The molecule has 1 aliphatic carbocycles. The molecule has 2 aromatic rings. The summed E-state index contributed by atoms with van der Waals surface area (Å²) in [5, 5.41) is 6.93. The molecule has 7 heteroatoms. The molecule has 3 aliphatic rings. The predicted octanol–water partition coefficient (Wildman–Crippen LogP) is 1.97. The maximum Gasteiger partial charge on any atom is 0.198 e. The third kappa shape index (κ3) is 1.86. The van der Waals surface area contributed by atoms with Crippen molar-refractivity contribution in [2.75, 3.05) is 35.3 Å². The minimum Gasteiger partial charge on any atom is -0.398 e. The number of ketones is 2. The van der Waals surface area contributed by atoms with Crippen molar-refractivity contribution in [1.82, 2.24) is 0 Å². The zero-order chi connectivity index (χ0) is 18.1. The van der Waals surface area contributed by atoms with Crippen molar-refractivity contribution in [1.29, 1.82) is 0 Å². The van der Waals surface area contributed by atoms with E-state index in [1.54, 1.807) is 18.2 Å². The molecule has 0 amide bonds. The fourth-order valence-corrected chi connectivity index (χ4v) is 4.14. The minimum atomic E-state index is -0.347. The van der Waals surface area contributed by atoms with Crippen LogP contribution in [0.2, 0.25) is 0 Å². The molecule has 2 heterocycles. The van der Waals surface area contributed by atoms with E-state index in [1.807, 2.05) is 6.07 Å². The van der Waals surface area contributed by atoms with Crippen LogP contribution in [0.1, 0.15) is 44.7 Å². The van der Waals surface area contributed by atoms with Gasteiger partial charge in [0.1, 0.15) is 5.66 Å². The lowest BCUT2D eigenvalue weighted by Crippen LogP contribution is -2.46. The molecule has 1 fully saturated rings. The number of nitrogens with one attached hydrogen (secondary N) is 2. The van der Waals surface area contributed by atoms with Crippen LogP contribution in [0.3, 0.4) is 0 Å². The highest BCUT2D eigenvalue weighted by atomic mass is 16.5. The van der Waals surface area contributed by atoms with E-state index < -0.39 is 0 Å². The Labute approximate surface area is 149 Å². The van der Waals surface area contributed by atoms with Gasteiger partial charge in [0.05, 0.1) is 41.3 Å². The van der Waals surface area contributed by atoms with Crippen molar-refractivity contribution >= 4 is 34.3 Å². The van der Waals surface area contributed by atoms with Gasteiger partial charge in [-0.1, -0.05) is 0 Å². The van der Waals surface area contributed by atoms with Gasteiger partial charge in [0.2, 0.25) is 0 Å². The number of rotatable bonds is 0. The van der Waals surface area contributed by atoms with Gasteiger partial charge < -0.3 is 26.8 Å². The standard InChI is InChI=1S/C19H18N4O3/c20-10-2-3-11(21)15-14(10)17(24)9-1-4-12-16(13(9)18(15)25)23-19(22-12)5-7-26-8-6-19/h1-4,22-23H,5-8,20-21H2. The van der Waals surface area contributed by atoms with Gasteiger partial charge in [-0.05, 0) is 24.3 Å². The van der Waals surface area contributed by atoms with Crippen LogP contribution in [0.5, 0.6) is 0 Å². The smallest absolute Gasteiger partial charge is 0.198 e. The number of carbonyl (C=O) groups excluding carboxylic acids is 2. The number of hydrogen-bond acceptors (Lipinski definition) is 7. The van der Waals surface area contributed by atoms with E-state index in [-0.39, 0.29) is 39.7 Å². The minimum absolute atomic E-state index is 0.200. The van der Waals surface area contributed by atoms with E-state index in [4.69, 9.17) is 16.2 Å². The SMILES string of the molecule is Nc1ccc(N)c2c1C(=O)c1ccc3c(c1C2=O)NC1(CCOCC1)N3. The molecule has 0 radical (unpaired) electrons. The average molecular weight is 350 g/mol. The van der Waals surface area contributed by atoms with Crippen molar-refractivity contribution in [2.45, 2.75) is 18.5 Å². The molecule has 0 atom stereocenters. The van der Waals surface area contributed by atoms with E-state index in [2.05, 4.69) is 10.6 Å². The Bertz CT molecular complexity index is 993. The zero-order valence-electron chi connectivity index (χ0n) is 14.0. The quantitative estimate of drug-likeness (QED) is 0.458. The van der Waals surface area contributed by atoms with Crippen LogP contribution in [-0.2, 0) is 4.74 Å². The summed E-state index contributed by atoms with van der Waals surface area (Å²) in [6.45, 7) is 1.27. The number of nitrogen functional groups attached to an aromatic ring is 2. The van der Waals surface area contributed by atoms with Gasteiger partial charge >= 0.3 is 0 Å². The first kappa shape index (κ1) is 15.2. The summed E-state index contributed by atoms with van der Waals surface area (Å²) in [7, 11) is 0. The van der Waals surface area contributed by atoms with E-state index in [9.17, 15) is 9.59 Å². The Hall–Kier alpha value is -3.06. The summed E-state index contributed by atoms with van der Waals surface area (Å²) >= 11 is 0. The number of fused-ring (bicyclic) bond motifs is 4. The van der Waals surface area contributed by atoms with Crippen LogP contribution in [-0.4, -0.2) is 30.4 Å². The Morgan fingerprint density at radius 3 is 2.19 bits per heavy atom. The molecule has 0 saturated carbocycles. The molecule has 2 aromatic carbocycles. The molecule has 26 heavy (non-hydrogen) atoms. The van der Waals surface area contributed by atoms with Crippen molar-refractivity contribution in [3.63, 3.8) is 0 Å². The number of anilines is 4. The number of nitrogens with two attached hydrogens (primary N) is 2. The summed E-state index contributed by atoms with van der Waals surface area (Å²) in [6.07, 6.45) is 1.54. The van der Waals surface area contributed by atoms with Gasteiger partial charge in [-0.3, -0.25) is 9.59 Å². The highest BCUT2D eigenvalue weighted by Crippen LogP contribution is 2.46. The first-order valence-corrected chi connectivity index (χ1v) is 8.59. The molecule has 1 saturated heterocycles.